The van der Waals surface area contributed by atoms with E-state index in [9.17, 15) is 0 Å². The first-order valence-corrected chi connectivity index (χ1v) is 7.62. The molecule has 0 saturated heterocycles. The Bertz CT molecular complexity index is 705. The van der Waals surface area contributed by atoms with Crippen molar-refractivity contribution in [3.8, 4) is 0 Å². The van der Waals surface area contributed by atoms with Crippen molar-refractivity contribution in [3.63, 3.8) is 0 Å². The molecule has 0 aromatic heterocycles. The van der Waals surface area contributed by atoms with Crippen LogP contribution in [0.3, 0.4) is 0 Å². The summed E-state index contributed by atoms with van der Waals surface area (Å²) >= 11 is 0. The molecule has 100 valence electrons. The molecule has 2 aromatic carbocycles. The maximum Gasteiger partial charge on any atom is 0.00315 e. The van der Waals surface area contributed by atoms with Gasteiger partial charge in [0.2, 0.25) is 0 Å². The Hall–Kier alpha value is -1.82. The van der Waals surface area contributed by atoms with Crippen molar-refractivity contribution >= 4 is 5.57 Å². The lowest BCUT2D eigenvalue weighted by atomic mass is 9.66. The Balaban J connectivity index is 1.92. The molecule has 0 heteroatoms. The normalized spacial score (nSPS) is 23.9. The van der Waals surface area contributed by atoms with Crippen LogP contribution >= 0.6 is 0 Å². The zero-order valence-electron chi connectivity index (χ0n) is 12.2. The number of benzene rings is 2. The molecule has 2 unspecified atom stereocenters. The number of hydrogen-bond donors (Lipinski definition) is 0. The summed E-state index contributed by atoms with van der Waals surface area (Å²) < 4.78 is 0. The Labute approximate surface area is 121 Å². The zero-order chi connectivity index (χ0) is 13.7. The van der Waals surface area contributed by atoms with Gasteiger partial charge in [-0.25, -0.2) is 0 Å². The predicted octanol–water partition coefficient (Wildman–Crippen LogP) is 4.99. The minimum Gasteiger partial charge on any atom is -0.0620 e. The molecule has 0 spiro atoms. The summed E-state index contributed by atoms with van der Waals surface area (Å²) in [4.78, 5) is 0. The highest BCUT2D eigenvalue weighted by molar-refractivity contribution is 5.74. The van der Waals surface area contributed by atoms with E-state index in [0.717, 1.165) is 0 Å². The van der Waals surface area contributed by atoms with E-state index in [1.165, 1.54) is 35.1 Å². The SMILES string of the molecule is CC1=C2C(Cc3ccccc31)Cc1ccccc1C2C. The molecular formula is C20H20. The molecule has 0 radical (unpaired) electrons. The summed E-state index contributed by atoms with van der Waals surface area (Å²) in [6.07, 6.45) is 2.42. The van der Waals surface area contributed by atoms with E-state index >= 15 is 0 Å². The van der Waals surface area contributed by atoms with Crippen molar-refractivity contribution in [1.82, 2.24) is 0 Å². The zero-order valence-corrected chi connectivity index (χ0v) is 12.2. The van der Waals surface area contributed by atoms with Gasteiger partial charge in [-0.15, -0.1) is 0 Å². The lowest BCUT2D eigenvalue weighted by Crippen LogP contribution is -2.26. The molecule has 2 aromatic rings. The average molecular weight is 260 g/mol. The van der Waals surface area contributed by atoms with E-state index in [4.69, 9.17) is 0 Å². The molecule has 0 bridgehead atoms. The van der Waals surface area contributed by atoms with E-state index < -0.39 is 0 Å². The van der Waals surface area contributed by atoms with Crippen LogP contribution in [0.15, 0.2) is 54.1 Å². The summed E-state index contributed by atoms with van der Waals surface area (Å²) in [5.41, 5.74) is 9.31. The molecule has 0 N–H and O–H groups in total. The molecule has 4 rings (SSSR count). The molecule has 0 saturated carbocycles. The van der Waals surface area contributed by atoms with Gasteiger partial charge in [0.05, 0.1) is 0 Å². The molecule has 20 heavy (non-hydrogen) atoms. The molecular weight excluding hydrogens is 240 g/mol. The first-order valence-electron chi connectivity index (χ1n) is 7.62. The number of hydrogen-bond acceptors (Lipinski definition) is 0. The fourth-order valence-corrected chi connectivity index (χ4v) is 4.34. The van der Waals surface area contributed by atoms with Gasteiger partial charge in [0.15, 0.2) is 0 Å². The fourth-order valence-electron chi connectivity index (χ4n) is 4.34. The maximum atomic E-state index is 2.39. The number of fused-ring (bicyclic) bond motifs is 3. The molecule has 0 aliphatic heterocycles. The average Bonchev–Trinajstić information content (AvgIpc) is 2.47. The molecule has 2 aliphatic carbocycles. The summed E-state index contributed by atoms with van der Waals surface area (Å²) in [5.74, 6) is 1.27. The monoisotopic (exact) mass is 260 g/mol. The van der Waals surface area contributed by atoms with Crippen LogP contribution in [0.25, 0.3) is 5.57 Å². The van der Waals surface area contributed by atoms with Gasteiger partial charge in [-0.05, 0) is 53.5 Å². The Kier molecular flexibility index (Phi) is 2.60. The molecule has 0 nitrogen and oxygen atoms in total. The van der Waals surface area contributed by atoms with Crippen molar-refractivity contribution in [1.29, 1.82) is 0 Å². The van der Waals surface area contributed by atoms with Crippen molar-refractivity contribution in [2.24, 2.45) is 5.92 Å². The third kappa shape index (κ3) is 1.61. The van der Waals surface area contributed by atoms with Crippen LogP contribution in [0.1, 0.15) is 42.0 Å². The largest absolute Gasteiger partial charge is 0.0620 e. The Morgan fingerprint density at radius 1 is 0.850 bits per heavy atom. The van der Waals surface area contributed by atoms with Gasteiger partial charge in [0, 0.05) is 5.92 Å². The fraction of sp³-hybridized carbons (Fsp3) is 0.300. The highest BCUT2D eigenvalue weighted by atomic mass is 14.4. The second kappa shape index (κ2) is 4.34. The second-order valence-electron chi connectivity index (χ2n) is 6.26. The lowest BCUT2D eigenvalue weighted by molar-refractivity contribution is 0.528. The molecule has 0 fully saturated rings. The van der Waals surface area contributed by atoms with Gasteiger partial charge >= 0.3 is 0 Å². The van der Waals surface area contributed by atoms with Gasteiger partial charge in [-0.1, -0.05) is 61.0 Å². The standard InChI is InChI=1S/C20H20/c1-13-18-9-5-3-7-15(18)11-17-12-16-8-4-6-10-19(16)14(2)20(13)17/h3-10,13,17H,11-12H2,1-2H3. The van der Waals surface area contributed by atoms with Crippen molar-refractivity contribution in [2.45, 2.75) is 32.6 Å². The van der Waals surface area contributed by atoms with Gasteiger partial charge in [-0.3, -0.25) is 0 Å². The minimum atomic E-state index is 0.568. The highest BCUT2D eigenvalue weighted by Gasteiger charge is 2.33. The summed E-state index contributed by atoms with van der Waals surface area (Å²) in [5, 5.41) is 0. The third-order valence-electron chi connectivity index (χ3n) is 5.21. The quantitative estimate of drug-likeness (QED) is 0.626. The molecule has 0 amide bonds. The minimum absolute atomic E-state index is 0.568. The third-order valence-corrected chi connectivity index (χ3v) is 5.21. The van der Waals surface area contributed by atoms with Crippen molar-refractivity contribution in [2.75, 3.05) is 0 Å². The topological polar surface area (TPSA) is 0 Å². The van der Waals surface area contributed by atoms with Crippen LogP contribution in [-0.2, 0) is 12.8 Å². The second-order valence-corrected chi connectivity index (χ2v) is 6.26. The van der Waals surface area contributed by atoms with E-state index in [-0.39, 0.29) is 0 Å². The highest BCUT2D eigenvalue weighted by Crippen LogP contribution is 2.47. The van der Waals surface area contributed by atoms with Gasteiger partial charge < -0.3 is 0 Å². The number of rotatable bonds is 0. The first kappa shape index (κ1) is 12.0. The van der Waals surface area contributed by atoms with E-state index in [1.807, 2.05) is 0 Å². The summed E-state index contributed by atoms with van der Waals surface area (Å²) in [6, 6.07) is 17.9. The van der Waals surface area contributed by atoms with Crippen molar-refractivity contribution < 1.29 is 0 Å². The molecule has 0 heterocycles. The van der Waals surface area contributed by atoms with Crippen LogP contribution < -0.4 is 0 Å². The number of allylic oxidation sites excluding steroid dienone is 2. The Morgan fingerprint density at radius 2 is 1.50 bits per heavy atom. The smallest absolute Gasteiger partial charge is 0.00315 e. The lowest BCUT2D eigenvalue weighted by Gasteiger charge is -2.38. The van der Waals surface area contributed by atoms with Crippen LogP contribution in [-0.4, -0.2) is 0 Å². The molecule has 2 aliphatic rings. The van der Waals surface area contributed by atoms with Gasteiger partial charge in [-0.2, -0.15) is 0 Å². The van der Waals surface area contributed by atoms with Crippen LogP contribution in [0.4, 0.5) is 0 Å². The van der Waals surface area contributed by atoms with E-state index in [2.05, 4.69) is 62.4 Å². The Morgan fingerprint density at radius 3 is 2.35 bits per heavy atom. The van der Waals surface area contributed by atoms with Gasteiger partial charge in [0.25, 0.3) is 0 Å². The predicted molar refractivity (Wildman–Crippen MR) is 84.8 cm³/mol. The van der Waals surface area contributed by atoms with E-state index in [1.54, 1.807) is 11.1 Å². The molecule has 2 atom stereocenters. The van der Waals surface area contributed by atoms with Gasteiger partial charge in [0.1, 0.15) is 0 Å². The first-order chi connectivity index (χ1) is 9.75. The van der Waals surface area contributed by atoms with E-state index in [0.29, 0.717) is 11.8 Å². The summed E-state index contributed by atoms with van der Waals surface area (Å²) in [6.45, 7) is 4.71. The summed E-state index contributed by atoms with van der Waals surface area (Å²) in [7, 11) is 0. The van der Waals surface area contributed by atoms with Crippen LogP contribution in [0.5, 0.6) is 0 Å². The van der Waals surface area contributed by atoms with Crippen molar-refractivity contribution in [3.05, 3.63) is 76.4 Å². The van der Waals surface area contributed by atoms with Crippen LogP contribution in [0.2, 0.25) is 0 Å². The maximum absolute atomic E-state index is 2.39. The van der Waals surface area contributed by atoms with Crippen LogP contribution in [0, 0.1) is 5.92 Å².